The number of carbonyl (C=O) groups excluding carboxylic acids is 4. The molecule has 38 heavy (non-hydrogen) atoms. The maximum Gasteiger partial charge on any atom is 0.513 e. The summed E-state index contributed by atoms with van der Waals surface area (Å²) in [7, 11) is 0. The minimum absolute atomic E-state index is 0.00770. The Morgan fingerprint density at radius 2 is 1.34 bits per heavy atom. The molecule has 0 N–H and O–H groups in total. The minimum atomic E-state index is -0.978. The van der Waals surface area contributed by atoms with Crippen molar-refractivity contribution in [1.82, 2.24) is 0 Å². The molecule has 0 unspecified atom stereocenters. The van der Waals surface area contributed by atoms with Gasteiger partial charge >= 0.3 is 18.1 Å². The van der Waals surface area contributed by atoms with Crippen molar-refractivity contribution >= 4 is 23.9 Å². The van der Waals surface area contributed by atoms with Crippen molar-refractivity contribution in [2.75, 3.05) is 13.2 Å². The molecule has 0 amide bonds. The van der Waals surface area contributed by atoms with Gasteiger partial charge in [-0.1, -0.05) is 6.58 Å². The molecule has 0 aliphatic carbocycles. The highest BCUT2D eigenvalue weighted by molar-refractivity contribution is 5.94. The SMILES string of the molecule is C=CC(=O)CCOC(=O)Oc1ccc(C(=O)Oc2ccc(C(=O)Oc3ccc(OCC)cc3)c(C)c2)cc1. The van der Waals surface area contributed by atoms with E-state index in [1.165, 1.54) is 36.4 Å². The first kappa shape index (κ1) is 27.7. The van der Waals surface area contributed by atoms with Gasteiger partial charge in [0.15, 0.2) is 5.78 Å². The van der Waals surface area contributed by atoms with Gasteiger partial charge in [0.2, 0.25) is 0 Å². The summed E-state index contributed by atoms with van der Waals surface area (Å²) < 4.78 is 26.0. The van der Waals surface area contributed by atoms with Crippen LogP contribution in [0.1, 0.15) is 39.6 Å². The number of esters is 2. The van der Waals surface area contributed by atoms with Crippen LogP contribution < -0.4 is 18.9 Å². The molecule has 3 aromatic rings. The van der Waals surface area contributed by atoms with Gasteiger partial charge in [0.1, 0.15) is 29.6 Å². The highest BCUT2D eigenvalue weighted by Crippen LogP contribution is 2.23. The number of rotatable bonds is 11. The molecule has 9 nitrogen and oxygen atoms in total. The quantitative estimate of drug-likeness (QED) is 0.141. The van der Waals surface area contributed by atoms with Crippen molar-refractivity contribution in [3.63, 3.8) is 0 Å². The Labute approximate surface area is 219 Å². The lowest BCUT2D eigenvalue weighted by atomic mass is 10.1. The molecule has 0 spiro atoms. The third-order valence-corrected chi connectivity index (χ3v) is 5.06. The number of aryl methyl sites for hydroxylation is 1. The molecule has 0 aliphatic heterocycles. The normalized spacial score (nSPS) is 10.2. The first-order valence-electron chi connectivity index (χ1n) is 11.7. The molecule has 3 aromatic carbocycles. The second kappa shape index (κ2) is 13.4. The Balaban J connectivity index is 1.54. The predicted molar refractivity (Wildman–Crippen MR) is 137 cm³/mol. The molecule has 0 saturated heterocycles. The average molecular weight is 519 g/mol. The molecule has 196 valence electrons. The van der Waals surface area contributed by atoms with Crippen molar-refractivity contribution < 1.29 is 42.9 Å². The third kappa shape index (κ3) is 8.06. The summed E-state index contributed by atoms with van der Waals surface area (Å²) in [4.78, 5) is 47.9. The third-order valence-electron chi connectivity index (χ3n) is 5.06. The average Bonchev–Trinajstić information content (AvgIpc) is 2.90. The fraction of sp³-hybridized carbons (Fsp3) is 0.172. The van der Waals surface area contributed by atoms with Crippen LogP contribution in [0.3, 0.4) is 0 Å². The van der Waals surface area contributed by atoms with E-state index in [9.17, 15) is 19.2 Å². The van der Waals surface area contributed by atoms with E-state index in [1.807, 2.05) is 6.92 Å². The molecule has 0 bridgehead atoms. The zero-order valence-corrected chi connectivity index (χ0v) is 20.9. The number of carbonyl (C=O) groups is 4. The van der Waals surface area contributed by atoms with E-state index in [1.54, 1.807) is 37.3 Å². The van der Waals surface area contributed by atoms with Gasteiger partial charge in [-0.25, -0.2) is 14.4 Å². The summed E-state index contributed by atoms with van der Waals surface area (Å²) in [6.07, 6.45) is 0.170. The first-order chi connectivity index (χ1) is 18.3. The van der Waals surface area contributed by atoms with E-state index >= 15 is 0 Å². The van der Waals surface area contributed by atoms with E-state index < -0.39 is 18.1 Å². The van der Waals surface area contributed by atoms with Crippen LogP contribution in [-0.2, 0) is 9.53 Å². The number of benzene rings is 3. The molecule has 0 aliphatic rings. The molecular weight excluding hydrogens is 492 g/mol. The standard InChI is InChI=1S/C29H26O9/c1-4-21(30)16-17-35-29(33)38-24-8-6-20(7-9-24)27(31)37-25-14-15-26(19(3)18-25)28(32)36-23-12-10-22(11-13-23)34-5-2/h4,6-15,18H,1,5,16-17H2,2-3H3. The Hall–Kier alpha value is -4.92. The van der Waals surface area contributed by atoms with E-state index in [0.29, 0.717) is 29.2 Å². The van der Waals surface area contributed by atoms with Crippen molar-refractivity contribution in [2.45, 2.75) is 20.3 Å². The van der Waals surface area contributed by atoms with E-state index in [-0.39, 0.29) is 35.9 Å². The second-order valence-electron chi connectivity index (χ2n) is 7.81. The maximum absolute atomic E-state index is 12.6. The first-order valence-corrected chi connectivity index (χ1v) is 11.7. The van der Waals surface area contributed by atoms with Crippen LogP contribution in [-0.4, -0.2) is 37.1 Å². The molecule has 9 heteroatoms. The van der Waals surface area contributed by atoms with Crippen molar-refractivity contribution in [3.8, 4) is 23.0 Å². The number of hydrogen-bond acceptors (Lipinski definition) is 9. The lowest BCUT2D eigenvalue weighted by Gasteiger charge is -2.10. The number of allylic oxidation sites excluding steroid dienone is 1. The lowest BCUT2D eigenvalue weighted by Crippen LogP contribution is -2.13. The highest BCUT2D eigenvalue weighted by Gasteiger charge is 2.15. The zero-order valence-electron chi connectivity index (χ0n) is 20.9. The Morgan fingerprint density at radius 3 is 1.97 bits per heavy atom. The molecule has 0 aromatic heterocycles. The van der Waals surface area contributed by atoms with Crippen LogP contribution >= 0.6 is 0 Å². The number of hydrogen-bond donors (Lipinski definition) is 0. The molecule has 0 heterocycles. The predicted octanol–water partition coefficient (Wildman–Crippen LogP) is 5.49. The van der Waals surface area contributed by atoms with Gasteiger partial charge in [-0.3, -0.25) is 4.79 Å². The van der Waals surface area contributed by atoms with Gasteiger partial charge in [-0.2, -0.15) is 0 Å². The minimum Gasteiger partial charge on any atom is -0.494 e. The summed E-state index contributed by atoms with van der Waals surface area (Å²) in [6.45, 7) is 7.31. The summed E-state index contributed by atoms with van der Waals surface area (Å²) in [5, 5.41) is 0. The van der Waals surface area contributed by atoms with Crippen molar-refractivity contribution in [3.05, 3.63) is 96.1 Å². The van der Waals surface area contributed by atoms with Crippen LogP contribution in [0.25, 0.3) is 0 Å². The van der Waals surface area contributed by atoms with Crippen LogP contribution in [0, 0.1) is 6.92 Å². The van der Waals surface area contributed by atoms with Crippen LogP contribution in [0.2, 0.25) is 0 Å². The molecule has 0 atom stereocenters. The number of ether oxygens (including phenoxy) is 5. The smallest absolute Gasteiger partial charge is 0.494 e. The summed E-state index contributed by atoms with van der Waals surface area (Å²) in [6, 6.07) is 16.9. The summed E-state index contributed by atoms with van der Waals surface area (Å²) >= 11 is 0. The van der Waals surface area contributed by atoms with E-state index in [2.05, 4.69) is 6.58 Å². The van der Waals surface area contributed by atoms with Crippen LogP contribution in [0.5, 0.6) is 23.0 Å². The molecular formula is C29H26O9. The van der Waals surface area contributed by atoms with Gasteiger partial charge in [0, 0.05) is 6.42 Å². The van der Waals surface area contributed by atoms with Crippen molar-refractivity contribution in [1.29, 1.82) is 0 Å². The summed E-state index contributed by atoms with van der Waals surface area (Å²) in [5.41, 5.74) is 1.09. The fourth-order valence-corrected chi connectivity index (χ4v) is 3.15. The molecule has 3 rings (SSSR count). The zero-order chi connectivity index (χ0) is 27.5. The van der Waals surface area contributed by atoms with Gasteiger partial charge < -0.3 is 23.7 Å². The Kier molecular flexibility index (Phi) is 9.76. The molecule has 0 fully saturated rings. The highest BCUT2D eigenvalue weighted by atomic mass is 16.7. The molecule has 0 radical (unpaired) electrons. The monoisotopic (exact) mass is 518 g/mol. The van der Waals surface area contributed by atoms with Crippen molar-refractivity contribution in [2.24, 2.45) is 0 Å². The van der Waals surface area contributed by atoms with Crippen LogP contribution in [0.4, 0.5) is 4.79 Å². The van der Waals surface area contributed by atoms with E-state index in [4.69, 9.17) is 23.7 Å². The van der Waals surface area contributed by atoms with Gasteiger partial charge in [-0.15, -0.1) is 0 Å². The number of ketones is 1. The van der Waals surface area contributed by atoms with Gasteiger partial charge in [0.25, 0.3) is 0 Å². The lowest BCUT2D eigenvalue weighted by molar-refractivity contribution is -0.115. The summed E-state index contributed by atoms with van der Waals surface area (Å²) in [5.74, 6) is -0.0211. The Bertz CT molecular complexity index is 1310. The van der Waals surface area contributed by atoms with Gasteiger partial charge in [0.05, 0.1) is 17.7 Å². The maximum atomic E-state index is 12.6. The fourth-order valence-electron chi connectivity index (χ4n) is 3.15. The molecule has 0 saturated carbocycles. The second-order valence-corrected chi connectivity index (χ2v) is 7.81. The van der Waals surface area contributed by atoms with Crippen LogP contribution in [0.15, 0.2) is 79.4 Å². The van der Waals surface area contributed by atoms with Gasteiger partial charge in [-0.05, 0) is 92.2 Å². The topological polar surface area (TPSA) is 114 Å². The largest absolute Gasteiger partial charge is 0.513 e. The van der Waals surface area contributed by atoms with E-state index in [0.717, 1.165) is 6.08 Å². The Morgan fingerprint density at radius 1 is 0.763 bits per heavy atom.